The topological polar surface area (TPSA) is 73.6 Å². The fraction of sp³-hybridized carbons (Fsp3) is 0.444. The lowest BCUT2D eigenvalue weighted by Crippen LogP contribution is -2.30. The number of hydrogen-bond donors (Lipinski definition) is 1. The molecule has 6 nitrogen and oxygen atoms in total. The molecule has 0 bridgehead atoms. The van der Waals surface area contributed by atoms with Gasteiger partial charge in [-0.3, -0.25) is 4.79 Å². The van der Waals surface area contributed by atoms with Gasteiger partial charge < -0.3 is 19.3 Å². The van der Waals surface area contributed by atoms with Crippen molar-refractivity contribution in [3.05, 3.63) is 51.8 Å². The van der Waals surface area contributed by atoms with Gasteiger partial charge in [0.05, 0.1) is 25.3 Å². The maximum absolute atomic E-state index is 11.9. The molecule has 0 saturated carbocycles. The Kier molecular flexibility index (Phi) is 6.61. The van der Waals surface area contributed by atoms with Gasteiger partial charge in [-0.05, 0) is 24.1 Å². The number of ether oxygens (including phenoxy) is 2. The Hall–Kier alpha value is -1.70. The molecule has 0 aliphatic carbocycles. The maximum Gasteiger partial charge on any atom is 0.226 e. The van der Waals surface area contributed by atoms with Crippen LogP contribution in [0.3, 0.4) is 0 Å². The quantitative estimate of drug-likeness (QED) is 0.726. The number of rotatable bonds is 8. The molecule has 1 unspecified atom stereocenters. The van der Waals surface area contributed by atoms with Gasteiger partial charge >= 0.3 is 0 Å². The van der Waals surface area contributed by atoms with Crippen molar-refractivity contribution in [1.82, 2.24) is 10.5 Å². The van der Waals surface area contributed by atoms with Crippen LogP contribution in [0.25, 0.3) is 0 Å². The van der Waals surface area contributed by atoms with Gasteiger partial charge in [0.15, 0.2) is 5.76 Å². The van der Waals surface area contributed by atoms with Crippen LogP contribution in [-0.2, 0) is 33.9 Å². The number of hydrogen-bond acceptors (Lipinski definition) is 5. The van der Waals surface area contributed by atoms with Gasteiger partial charge in [0.2, 0.25) is 5.91 Å². The number of halogens is 1. The molecule has 3 rings (SSSR count). The number of nitrogens with zero attached hydrogens (tertiary/aromatic N) is 1. The Balaban J connectivity index is 1.37. The first kappa shape index (κ1) is 18.1. The summed E-state index contributed by atoms with van der Waals surface area (Å²) in [5.74, 6) is 0.982. The van der Waals surface area contributed by atoms with E-state index in [9.17, 15) is 4.79 Å². The highest BCUT2D eigenvalue weighted by Gasteiger charge is 2.17. The van der Waals surface area contributed by atoms with Crippen molar-refractivity contribution in [3.8, 4) is 0 Å². The van der Waals surface area contributed by atoms with Crippen molar-refractivity contribution in [1.29, 1.82) is 0 Å². The van der Waals surface area contributed by atoms with Crippen LogP contribution in [0.5, 0.6) is 0 Å². The molecule has 1 atom stereocenters. The Morgan fingerprint density at radius 3 is 2.92 bits per heavy atom. The van der Waals surface area contributed by atoms with Crippen molar-refractivity contribution < 1.29 is 18.8 Å². The third-order valence-corrected chi connectivity index (χ3v) is 4.52. The zero-order valence-electron chi connectivity index (χ0n) is 13.9. The van der Waals surface area contributed by atoms with Crippen molar-refractivity contribution in [2.75, 3.05) is 19.8 Å². The van der Waals surface area contributed by atoms with Crippen molar-refractivity contribution in [2.45, 2.75) is 26.1 Å². The monoisotopic (exact) mass is 408 g/mol. The molecule has 25 heavy (non-hydrogen) atoms. The van der Waals surface area contributed by atoms with E-state index < -0.39 is 0 Å². The largest absolute Gasteiger partial charge is 0.381 e. The van der Waals surface area contributed by atoms with E-state index in [0.29, 0.717) is 37.1 Å². The second kappa shape index (κ2) is 9.12. The standard InChI is InChI=1S/C18H21BrN2O4/c19-15-3-1-13(2-4-15)10-24-12-17-7-16(21-25-17)8-18(22)20-9-14-5-6-23-11-14/h1-4,7,14H,5-6,8-12H2,(H,20,22). The number of aromatic nitrogens is 1. The van der Waals surface area contributed by atoms with Gasteiger partial charge in [-0.15, -0.1) is 0 Å². The summed E-state index contributed by atoms with van der Waals surface area (Å²) >= 11 is 3.40. The zero-order chi connectivity index (χ0) is 17.5. The molecule has 2 aromatic rings. The lowest BCUT2D eigenvalue weighted by molar-refractivity contribution is -0.120. The molecular formula is C18H21BrN2O4. The maximum atomic E-state index is 11.9. The SMILES string of the molecule is O=C(Cc1cc(COCc2ccc(Br)cc2)on1)NCC1CCOC1. The van der Waals surface area contributed by atoms with E-state index in [1.807, 2.05) is 24.3 Å². The third-order valence-electron chi connectivity index (χ3n) is 3.99. The van der Waals surface area contributed by atoms with Crippen LogP contribution in [0.1, 0.15) is 23.4 Å². The minimum Gasteiger partial charge on any atom is -0.381 e. The minimum atomic E-state index is -0.0532. The van der Waals surface area contributed by atoms with Crippen LogP contribution in [0, 0.1) is 5.92 Å². The number of amides is 1. The Labute approximate surface area is 155 Å². The van der Waals surface area contributed by atoms with Crippen LogP contribution in [0.4, 0.5) is 0 Å². The molecule has 1 amide bonds. The first-order valence-electron chi connectivity index (χ1n) is 8.30. The fourth-order valence-electron chi connectivity index (χ4n) is 2.59. The van der Waals surface area contributed by atoms with Gasteiger partial charge in [-0.25, -0.2) is 0 Å². The highest BCUT2D eigenvalue weighted by atomic mass is 79.9. The molecule has 1 aromatic carbocycles. The second-order valence-corrected chi connectivity index (χ2v) is 7.03. The summed E-state index contributed by atoms with van der Waals surface area (Å²) in [6.45, 7) is 2.98. The van der Waals surface area contributed by atoms with Crippen LogP contribution in [0.2, 0.25) is 0 Å². The predicted octanol–water partition coefficient (Wildman–Crippen LogP) is 2.85. The number of benzene rings is 1. The molecule has 0 radical (unpaired) electrons. The lowest BCUT2D eigenvalue weighted by Gasteiger charge is -2.08. The van der Waals surface area contributed by atoms with Crippen LogP contribution >= 0.6 is 15.9 Å². The smallest absolute Gasteiger partial charge is 0.226 e. The van der Waals surface area contributed by atoms with Crippen molar-refractivity contribution in [3.63, 3.8) is 0 Å². The summed E-state index contributed by atoms with van der Waals surface area (Å²) in [5.41, 5.74) is 1.70. The van der Waals surface area contributed by atoms with Crippen molar-refractivity contribution >= 4 is 21.8 Å². The van der Waals surface area contributed by atoms with E-state index in [2.05, 4.69) is 26.4 Å². The highest BCUT2D eigenvalue weighted by Crippen LogP contribution is 2.13. The molecule has 1 aromatic heterocycles. The summed E-state index contributed by atoms with van der Waals surface area (Å²) in [5, 5.41) is 6.84. The number of carbonyl (C=O) groups excluding carboxylic acids is 1. The highest BCUT2D eigenvalue weighted by molar-refractivity contribution is 9.10. The van der Waals surface area contributed by atoms with Gasteiger partial charge in [0, 0.05) is 29.6 Å². The summed E-state index contributed by atoms with van der Waals surface area (Å²) in [7, 11) is 0. The van der Waals surface area contributed by atoms with E-state index in [0.717, 1.165) is 29.7 Å². The van der Waals surface area contributed by atoms with Gasteiger partial charge in [0.25, 0.3) is 0 Å². The molecule has 134 valence electrons. The van der Waals surface area contributed by atoms with E-state index in [1.165, 1.54) is 0 Å². The second-order valence-electron chi connectivity index (χ2n) is 6.11. The van der Waals surface area contributed by atoms with E-state index in [-0.39, 0.29) is 12.3 Å². The number of carbonyl (C=O) groups is 1. The Morgan fingerprint density at radius 2 is 2.16 bits per heavy atom. The average molecular weight is 409 g/mol. The van der Waals surface area contributed by atoms with E-state index in [4.69, 9.17) is 14.0 Å². The molecule has 0 spiro atoms. The van der Waals surface area contributed by atoms with Gasteiger partial charge in [0.1, 0.15) is 6.61 Å². The third kappa shape index (κ3) is 5.95. The molecule has 1 aliphatic rings. The van der Waals surface area contributed by atoms with Crippen LogP contribution in [0.15, 0.2) is 39.3 Å². The molecule has 2 heterocycles. The summed E-state index contributed by atoms with van der Waals surface area (Å²) in [6, 6.07) is 9.70. The molecule has 7 heteroatoms. The minimum absolute atomic E-state index is 0.0532. The van der Waals surface area contributed by atoms with E-state index in [1.54, 1.807) is 6.07 Å². The fourth-order valence-corrected chi connectivity index (χ4v) is 2.85. The summed E-state index contributed by atoms with van der Waals surface area (Å²) in [6.07, 6.45) is 1.22. The average Bonchev–Trinajstić information content (AvgIpc) is 3.27. The molecule has 1 fully saturated rings. The lowest BCUT2D eigenvalue weighted by atomic mass is 10.1. The zero-order valence-corrected chi connectivity index (χ0v) is 15.5. The normalized spacial score (nSPS) is 16.9. The first-order chi connectivity index (χ1) is 12.2. The Bertz CT molecular complexity index is 681. The Morgan fingerprint density at radius 1 is 1.32 bits per heavy atom. The summed E-state index contributed by atoms with van der Waals surface area (Å²) < 4.78 is 17.2. The first-order valence-corrected chi connectivity index (χ1v) is 9.09. The molecular weight excluding hydrogens is 388 g/mol. The van der Waals surface area contributed by atoms with Gasteiger partial charge in [-0.2, -0.15) is 0 Å². The molecule has 1 aliphatic heterocycles. The van der Waals surface area contributed by atoms with Crippen LogP contribution < -0.4 is 5.32 Å². The predicted molar refractivity (Wildman–Crippen MR) is 94.8 cm³/mol. The molecule has 1 saturated heterocycles. The van der Waals surface area contributed by atoms with Crippen LogP contribution in [-0.4, -0.2) is 30.8 Å². The molecule has 1 N–H and O–H groups in total. The van der Waals surface area contributed by atoms with Crippen molar-refractivity contribution in [2.24, 2.45) is 5.92 Å². The number of nitrogens with one attached hydrogen (secondary N) is 1. The van der Waals surface area contributed by atoms with E-state index >= 15 is 0 Å². The van der Waals surface area contributed by atoms with Gasteiger partial charge in [-0.1, -0.05) is 33.2 Å². The summed E-state index contributed by atoms with van der Waals surface area (Å²) in [4.78, 5) is 11.9.